The Morgan fingerprint density at radius 1 is 1.41 bits per heavy atom. The van der Waals surface area contributed by atoms with Crippen molar-refractivity contribution in [1.82, 2.24) is 19.5 Å². The number of hydrogen-bond donors (Lipinski definition) is 1. The third-order valence-electron chi connectivity index (χ3n) is 2.86. The zero-order valence-electron chi connectivity index (χ0n) is 9.14. The molecule has 90 valence electrons. The summed E-state index contributed by atoms with van der Waals surface area (Å²) in [6.45, 7) is 0.763. The molecule has 0 aliphatic carbocycles. The van der Waals surface area contributed by atoms with Crippen LogP contribution in [0.4, 0.5) is 5.95 Å². The number of hydrogen-bond acceptors (Lipinski definition) is 5. The predicted molar refractivity (Wildman–Crippen MR) is 63.6 cm³/mol. The monoisotopic (exact) mass is 253 g/mol. The molecule has 6 nitrogen and oxygen atoms in total. The van der Waals surface area contributed by atoms with Crippen LogP contribution in [-0.4, -0.2) is 26.1 Å². The average Bonchev–Trinajstić information content (AvgIpc) is 2.74. The van der Waals surface area contributed by atoms with Crippen molar-refractivity contribution in [3.8, 4) is 0 Å². The van der Waals surface area contributed by atoms with Crippen molar-refractivity contribution in [1.29, 1.82) is 0 Å². The average molecular weight is 254 g/mol. The number of ether oxygens (including phenoxy) is 1. The standard InChI is InChI=1S/C10H12ClN5O/c11-8-7-9(15-10(12)14-8)16(5-13-7)6-3-1-2-4-17-6/h5-6H,1-4H2,(H2,12,14,15)/t6-/m1/s1. The van der Waals surface area contributed by atoms with Crippen molar-refractivity contribution in [2.75, 3.05) is 12.3 Å². The minimum absolute atomic E-state index is 0.0286. The Kier molecular flexibility index (Phi) is 2.60. The summed E-state index contributed by atoms with van der Waals surface area (Å²) in [6, 6.07) is 0. The molecule has 17 heavy (non-hydrogen) atoms. The molecule has 2 N–H and O–H groups in total. The van der Waals surface area contributed by atoms with Gasteiger partial charge in [-0.15, -0.1) is 0 Å². The lowest BCUT2D eigenvalue weighted by Crippen LogP contribution is -2.17. The fourth-order valence-corrected chi connectivity index (χ4v) is 2.27. The second-order valence-electron chi connectivity index (χ2n) is 4.02. The van der Waals surface area contributed by atoms with Crippen LogP contribution in [0.3, 0.4) is 0 Å². The Morgan fingerprint density at radius 2 is 2.29 bits per heavy atom. The maximum absolute atomic E-state index is 5.97. The zero-order chi connectivity index (χ0) is 11.8. The largest absolute Gasteiger partial charge is 0.368 e. The lowest BCUT2D eigenvalue weighted by molar-refractivity contribution is -0.0298. The molecule has 0 saturated carbocycles. The summed E-state index contributed by atoms with van der Waals surface area (Å²) in [4.78, 5) is 12.3. The Bertz CT molecular complexity index is 549. The van der Waals surface area contributed by atoms with Gasteiger partial charge in [-0.2, -0.15) is 9.97 Å². The second-order valence-corrected chi connectivity index (χ2v) is 4.38. The number of aromatic nitrogens is 4. The van der Waals surface area contributed by atoms with Gasteiger partial charge in [0, 0.05) is 6.61 Å². The first-order chi connectivity index (χ1) is 8.25. The summed E-state index contributed by atoms with van der Waals surface area (Å²) < 4.78 is 7.56. The summed E-state index contributed by atoms with van der Waals surface area (Å²) in [5.74, 6) is 0.153. The quantitative estimate of drug-likeness (QED) is 0.784. The van der Waals surface area contributed by atoms with Crippen LogP contribution in [-0.2, 0) is 4.74 Å². The van der Waals surface area contributed by atoms with Crippen LogP contribution in [0.5, 0.6) is 0 Å². The second kappa shape index (κ2) is 4.12. The molecule has 1 aliphatic heterocycles. The van der Waals surface area contributed by atoms with Gasteiger partial charge < -0.3 is 10.5 Å². The van der Waals surface area contributed by atoms with Crippen LogP contribution in [0.15, 0.2) is 6.33 Å². The Hall–Kier alpha value is -1.40. The lowest BCUT2D eigenvalue weighted by Gasteiger charge is -2.23. The van der Waals surface area contributed by atoms with Gasteiger partial charge >= 0.3 is 0 Å². The normalized spacial score (nSPS) is 20.9. The highest BCUT2D eigenvalue weighted by atomic mass is 35.5. The highest BCUT2D eigenvalue weighted by molar-refractivity contribution is 6.33. The molecule has 0 spiro atoms. The van der Waals surface area contributed by atoms with E-state index in [9.17, 15) is 0 Å². The molecular formula is C10H12ClN5O. The first-order valence-electron chi connectivity index (χ1n) is 5.53. The van der Waals surface area contributed by atoms with E-state index in [4.69, 9.17) is 22.1 Å². The van der Waals surface area contributed by atoms with E-state index in [1.807, 2.05) is 4.57 Å². The van der Waals surface area contributed by atoms with Gasteiger partial charge in [0.15, 0.2) is 10.8 Å². The summed E-state index contributed by atoms with van der Waals surface area (Å²) >= 11 is 5.97. The van der Waals surface area contributed by atoms with Gasteiger partial charge in [-0.3, -0.25) is 4.57 Å². The summed E-state index contributed by atoms with van der Waals surface area (Å²) in [5.41, 5.74) is 6.79. The number of imidazole rings is 1. The smallest absolute Gasteiger partial charge is 0.223 e. The molecule has 1 atom stereocenters. The summed E-state index contributed by atoms with van der Waals surface area (Å²) in [6.07, 6.45) is 4.84. The van der Waals surface area contributed by atoms with Gasteiger partial charge in [-0.1, -0.05) is 11.6 Å². The number of anilines is 1. The minimum atomic E-state index is -0.0286. The molecule has 0 bridgehead atoms. The van der Waals surface area contributed by atoms with E-state index in [1.165, 1.54) is 0 Å². The summed E-state index contributed by atoms with van der Waals surface area (Å²) in [5, 5.41) is 0.280. The van der Waals surface area contributed by atoms with E-state index in [0.717, 1.165) is 25.9 Å². The number of nitrogens with zero attached hydrogens (tertiary/aromatic N) is 4. The molecule has 0 amide bonds. The highest BCUT2D eigenvalue weighted by Gasteiger charge is 2.20. The van der Waals surface area contributed by atoms with Crippen LogP contribution in [0.25, 0.3) is 11.2 Å². The molecule has 0 unspecified atom stereocenters. The number of nitrogens with two attached hydrogens (primary N) is 1. The van der Waals surface area contributed by atoms with E-state index in [1.54, 1.807) is 6.33 Å². The molecule has 3 rings (SSSR count). The first kappa shape index (κ1) is 10.7. The number of nitrogen functional groups attached to an aromatic ring is 1. The Labute approximate surface area is 103 Å². The maximum Gasteiger partial charge on any atom is 0.223 e. The molecular weight excluding hydrogens is 242 g/mol. The Morgan fingerprint density at radius 3 is 3.06 bits per heavy atom. The van der Waals surface area contributed by atoms with Crippen LogP contribution in [0.2, 0.25) is 5.15 Å². The number of fused-ring (bicyclic) bond motifs is 1. The molecule has 1 saturated heterocycles. The van der Waals surface area contributed by atoms with Gasteiger partial charge in [0.25, 0.3) is 0 Å². The molecule has 3 heterocycles. The molecule has 1 fully saturated rings. The van der Waals surface area contributed by atoms with Gasteiger partial charge in [-0.25, -0.2) is 4.98 Å². The predicted octanol–water partition coefficient (Wildman–Crippen LogP) is 1.76. The third kappa shape index (κ3) is 1.83. The molecule has 1 aliphatic rings. The number of rotatable bonds is 1. The molecule has 2 aromatic heterocycles. The molecule has 7 heteroatoms. The third-order valence-corrected chi connectivity index (χ3v) is 3.13. The highest BCUT2D eigenvalue weighted by Crippen LogP contribution is 2.27. The van der Waals surface area contributed by atoms with Crippen molar-refractivity contribution in [3.63, 3.8) is 0 Å². The van der Waals surface area contributed by atoms with E-state index in [-0.39, 0.29) is 17.3 Å². The lowest BCUT2D eigenvalue weighted by atomic mass is 10.2. The van der Waals surface area contributed by atoms with Gasteiger partial charge in [0.1, 0.15) is 11.7 Å². The SMILES string of the molecule is Nc1nc(Cl)c2ncn([C@H]3CCCCO3)c2n1. The van der Waals surface area contributed by atoms with Gasteiger partial charge in [0.2, 0.25) is 5.95 Å². The minimum Gasteiger partial charge on any atom is -0.368 e. The van der Waals surface area contributed by atoms with Gasteiger partial charge in [0.05, 0.1) is 6.33 Å². The van der Waals surface area contributed by atoms with E-state index >= 15 is 0 Å². The molecule has 0 aromatic carbocycles. The van der Waals surface area contributed by atoms with Crippen LogP contribution >= 0.6 is 11.6 Å². The number of halogens is 1. The van der Waals surface area contributed by atoms with E-state index in [0.29, 0.717) is 11.2 Å². The first-order valence-corrected chi connectivity index (χ1v) is 5.90. The maximum atomic E-state index is 5.97. The van der Waals surface area contributed by atoms with Crippen molar-refractivity contribution < 1.29 is 4.74 Å². The fourth-order valence-electron chi connectivity index (χ4n) is 2.05. The van der Waals surface area contributed by atoms with Crippen molar-refractivity contribution in [2.24, 2.45) is 0 Å². The zero-order valence-corrected chi connectivity index (χ0v) is 9.89. The van der Waals surface area contributed by atoms with E-state index in [2.05, 4.69) is 15.0 Å². The molecule has 2 aromatic rings. The fraction of sp³-hybridized carbons (Fsp3) is 0.500. The van der Waals surface area contributed by atoms with Crippen LogP contribution in [0, 0.1) is 0 Å². The topological polar surface area (TPSA) is 78.8 Å². The van der Waals surface area contributed by atoms with Crippen molar-refractivity contribution >= 4 is 28.7 Å². The van der Waals surface area contributed by atoms with Crippen LogP contribution < -0.4 is 5.73 Å². The van der Waals surface area contributed by atoms with Crippen LogP contribution in [0.1, 0.15) is 25.5 Å². The van der Waals surface area contributed by atoms with E-state index < -0.39 is 0 Å². The Balaban J connectivity index is 2.10. The summed E-state index contributed by atoms with van der Waals surface area (Å²) in [7, 11) is 0. The molecule has 0 radical (unpaired) electrons. The van der Waals surface area contributed by atoms with Gasteiger partial charge in [-0.05, 0) is 19.3 Å². The van der Waals surface area contributed by atoms with Crippen molar-refractivity contribution in [2.45, 2.75) is 25.5 Å². The van der Waals surface area contributed by atoms with Crippen molar-refractivity contribution in [3.05, 3.63) is 11.5 Å².